The van der Waals surface area contributed by atoms with Gasteiger partial charge in [-0.15, -0.1) is 0 Å². The van der Waals surface area contributed by atoms with Gasteiger partial charge in [0.2, 0.25) is 0 Å². The van der Waals surface area contributed by atoms with Crippen molar-refractivity contribution >= 4 is 23.0 Å². The molecule has 0 amide bonds. The number of rotatable bonds is 4. The minimum Gasteiger partial charge on any atom is -0.393 e. The number of hydrogen-bond donors (Lipinski definition) is 2. The van der Waals surface area contributed by atoms with E-state index in [4.69, 9.17) is 5.73 Å². The first kappa shape index (κ1) is 17.9. The van der Waals surface area contributed by atoms with Crippen LogP contribution in [0.4, 0.5) is 23.0 Å². The maximum Gasteiger partial charge on any atom is 0.157 e. The van der Waals surface area contributed by atoms with Crippen molar-refractivity contribution in [2.45, 2.75) is 45.6 Å². The third-order valence-corrected chi connectivity index (χ3v) is 6.05. The smallest absolute Gasteiger partial charge is 0.157 e. The van der Waals surface area contributed by atoms with Crippen LogP contribution in [0.15, 0.2) is 24.5 Å². The monoisotopic (exact) mass is 366 g/mol. The Labute approximate surface area is 161 Å². The molecule has 0 spiro atoms. The fraction of sp³-hybridized carbons (Fsp3) is 0.524. The molecule has 4 rings (SSSR count). The Hall–Kier alpha value is -2.50. The maximum atomic E-state index is 6.44. The Balaban J connectivity index is 1.45. The summed E-state index contributed by atoms with van der Waals surface area (Å²) in [7, 11) is 0. The van der Waals surface area contributed by atoms with Crippen molar-refractivity contribution in [1.82, 2.24) is 9.97 Å². The highest BCUT2D eigenvalue weighted by Crippen LogP contribution is 2.31. The van der Waals surface area contributed by atoms with Crippen LogP contribution in [0.2, 0.25) is 0 Å². The number of benzene rings is 1. The lowest BCUT2D eigenvalue weighted by Crippen LogP contribution is -2.47. The van der Waals surface area contributed by atoms with Gasteiger partial charge in [-0.05, 0) is 43.9 Å². The van der Waals surface area contributed by atoms with Gasteiger partial charge in [0.1, 0.15) is 12.0 Å². The van der Waals surface area contributed by atoms with E-state index in [9.17, 15) is 0 Å². The molecule has 1 aliphatic carbocycles. The number of piperazine rings is 1. The molecule has 1 aromatic heterocycles. The summed E-state index contributed by atoms with van der Waals surface area (Å²) >= 11 is 0. The van der Waals surface area contributed by atoms with Gasteiger partial charge in [-0.2, -0.15) is 0 Å². The number of hydrogen-bond acceptors (Lipinski definition) is 6. The lowest BCUT2D eigenvalue weighted by atomic mass is 10.1. The zero-order valence-electron chi connectivity index (χ0n) is 16.4. The van der Waals surface area contributed by atoms with Crippen molar-refractivity contribution in [3.8, 4) is 0 Å². The second kappa shape index (κ2) is 7.62. The molecule has 144 valence electrons. The molecule has 2 aromatic rings. The highest BCUT2D eigenvalue weighted by Gasteiger charge is 2.23. The molecule has 2 fully saturated rings. The largest absolute Gasteiger partial charge is 0.393 e. The number of aromatic nitrogens is 2. The zero-order valence-corrected chi connectivity index (χ0v) is 16.4. The SMILES string of the molecule is Cc1cccc(N2CCN(c3ncnc(NC4CCCC4)c3N)CC2)c1C. The van der Waals surface area contributed by atoms with E-state index >= 15 is 0 Å². The lowest BCUT2D eigenvalue weighted by molar-refractivity contribution is 0.646. The first-order valence-electron chi connectivity index (χ1n) is 10.1. The van der Waals surface area contributed by atoms with Crippen molar-refractivity contribution in [3.05, 3.63) is 35.7 Å². The molecule has 0 unspecified atom stereocenters. The fourth-order valence-corrected chi connectivity index (χ4v) is 4.25. The Morgan fingerprint density at radius 1 is 1.00 bits per heavy atom. The lowest BCUT2D eigenvalue weighted by Gasteiger charge is -2.38. The van der Waals surface area contributed by atoms with Gasteiger partial charge in [0.25, 0.3) is 0 Å². The molecule has 6 nitrogen and oxygen atoms in total. The minimum absolute atomic E-state index is 0.496. The summed E-state index contributed by atoms with van der Waals surface area (Å²) in [4.78, 5) is 13.7. The second-order valence-corrected chi connectivity index (χ2v) is 7.78. The summed E-state index contributed by atoms with van der Waals surface area (Å²) in [6.07, 6.45) is 6.62. The second-order valence-electron chi connectivity index (χ2n) is 7.78. The molecule has 1 saturated heterocycles. The summed E-state index contributed by atoms with van der Waals surface area (Å²) in [6.45, 7) is 8.16. The van der Waals surface area contributed by atoms with Crippen LogP contribution in [0, 0.1) is 13.8 Å². The van der Waals surface area contributed by atoms with Crippen LogP contribution in [0.25, 0.3) is 0 Å². The fourth-order valence-electron chi connectivity index (χ4n) is 4.25. The van der Waals surface area contributed by atoms with Gasteiger partial charge in [0.15, 0.2) is 11.6 Å². The highest BCUT2D eigenvalue weighted by molar-refractivity contribution is 5.75. The van der Waals surface area contributed by atoms with Crippen LogP contribution >= 0.6 is 0 Å². The van der Waals surface area contributed by atoms with Crippen LogP contribution in [0.3, 0.4) is 0 Å². The summed E-state index contributed by atoms with van der Waals surface area (Å²) < 4.78 is 0. The number of nitrogens with one attached hydrogen (secondary N) is 1. The highest BCUT2D eigenvalue weighted by atomic mass is 15.3. The molecule has 0 radical (unpaired) electrons. The molecule has 1 saturated carbocycles. The van der Waals surface area contributed by atoms with Crippen molar-refractivity contribution in [3.63, 3.8) is 0 Å². The molecular formula is C21H30N6. The van der Waals surface area contributed by atoms with Crippen molar-refractivity contribution in [1.29, 1.82) is 0 Å². The molecule has 6 heteroatoms. The van der Waals surface area contributed by atoms with Crippen molar-refractivity contribution < 1.29 is 0 Å². The topological polar surface area (TPSA) is 70.3 Å². The van der Waals surface area contributed by atoms with E-state index in [1.165, 1.54) is 42.5 Å². The number of anilines is 4. The Morgan fingerprint density at radius 2 is 1.70 bits per heavy atom. The summed E-state index contributed by atoms with van der Waals surface area (Å²) in [5, 5.41) is 3.52. The van der Waals surface area contributed by atoms with Crippen LogP contribution in [-0.4, -0.2) is 42.2 Å². The molecular weight excluding hydrogens is 336 g/mol. The summed E-state index contributed by atoms with van der Waals surface area (Å²) in [6, 6.07) is 7.04. The van der Waals surface area contributed by atoms with Crippen molar-refractivity contribution in [2.75, 3.05) is 47.0 Å². The van der Waals surface area contributed by atoms with E-state index < -0.39 is 0 Å². The molecule has 1 aromatic carbocycles. The van der Waals surface area contributed by atoms with Gasteiger partial charge in [0, 0.05) is 37.9 Å². The molecule has 3 N–H and O–H groups in total. The maximum absolute atomic E-state index is 6.44. The Morgan fingerprint density at radius 3 is 2.44 bits per heavy atom. The summed E-state index contributed by atoms with van der Waals surface area (Å²) in [5.41, 5.74) is 11.2. The molecule has 1 aliphatic heterocycles. The first-order chi connectivity index (χ1) is 13.1. The predicted molar refractivity (Wildman–Crippen MR) is 113 cm³/mol. The van der Waals surface area contributed by atoms with Crippen LogP contribution in [0.5, 0.6) is 0 Å². The van der Waals surface area contributed by atoms with Gasteiger partial charge in [0.05, 0.1) is 0 Å². The number of nitrogen functional groups attached to an aromatic ring is 1. The van der Waals surface area contributed by atoms with E-state index in [0.29, 0.717) is 11.7 Å². The Bertz CT molecular complexity index is 791. The van der Waals surface area contributed by atoms with Crippen molar-refractivity contribution in [2.24, 2.45) is 0 Å². The average Bonchev–Trinajstić information content (AvgIpc) is 3.19. The summed E-state index contributed by atoms with van der Waals surface area (Å²) in [5.74, 6) is 1.66. The third-order valence-electron chi connectivity index (χ3n) is 6.05. The van der Waals surface area contributed by atoms with Gasteiger partial charge >= 0.3 is 0 Å². The molecule has 2 aliphatic rings. The average molecular weight is 367 g/mol. The number of nitrogens with zero attached hydrogens (tertiary/aromatic N) is 4. The molecule has 2 heterocycles. The zero-order chi connectivity index (χ0) is 18.8. The third kappa shape index (κ3) is 3.66. The molecule has 0 bridgehead atoms. The van der Waals surface area contributed by atoms with Crippen LogP contribution in [0.1, 0.15) is 36.8 Å². The first-order valence-corrected chi connectivity index (χ1v) is 10.1. The quantitative estimate of drug-likeness (QED) is 0.865. The van der Waals surface area contributed by atoms with Gasteiger partial charge < -0.3 is 20.9 Å². The van der Waals surface area contributed by atoms with E-state index in [2.05, 4.69) is 57.1 Å². The minimum atomic E-state index is 0.496. The van der Waals surface area contributed by atoms with Gasteiger partial charge in [-0.1, -0.05) is 25.0 Å². The molecule has 27 heavy (non-hydrogen) atoms. The van der Waals surface area contributed by atoms with E-state index in [1.54, 1.807) is 6.33 Å². The van der Waals surface area contributed by atoms with E-state index in [0.717, 1.165) is 37.8 Å². The van der Waals surface area contributed by atoms with Crippen LogP contribution < -0.4 is 20.9 Å². The predicted octanol–water partition coefficient (Wildman–Crippen LogP) is 3.36. The Kier molecular flexibility index (Phi) is 5.05. The number of nitrogens with two attached hydrogens (primary N) is 1. The normalized spacial score (nSPS) is 18.1. The number of aryl methyl sites for hydroxylation is 1. The van der Waals surface area contributed by atoms with Gasteiger partial charge in [-0.3, -0.25) is 0 Å². The van der Waals surface area contributed by atoms with Gasteiger partial charge in [-0.25, -0.2) is 9.97 Å². The molecule has 0 atom stereocenters. The van der Waals surface area contributed by atoms with Crippen LogP contribution in [-0.2, 0) is 0 Å². The standard InChI is InChI=1S/C21H30N6/c1-15-6-5-9-18(16(15)2)26-10-12-27(13-11-26)21-19(22)20(23-14-24-21)25-17-7-3-4-8-17/h5-6,9,14,17H,3-4,7-8,10-13,22H2,1-2H3,(H,23,24,25). The van der Waals surface area contributed by atoms with E-state index in [-0.39, 0.29) is 0 Å². The van der Waals surface area contributed by atoms with E-state index in [1.807, 2.05) is 0 Å².